The van der Waals surface area contributed by atoms with Crippen LogP contribution in [0.3, 0.4) is 0 Å². The molecule has 1 aromatic heterocycles. The molecule has 1 fully saturated rings. The highest BCUT2D eigenvalue weighted by molar-refractivity contribution is 5.98. The number of benzene rings is 1. The third kappa shape index (κ3) is 4.44. The number of nitrogens with one attached hydrogen (secondary N) is 1. The van der Waals surface area contributed by atoms with Gasteiger partial charge in [0.05, 0.1) is 5.92 Å². The van der Waals surface area contributed by atoms with Crippen molar-refractivity contribution in [2.75, 3.05) is 25.0 Å². The van der Waals surface area contributed by atoms with Crippen LogP contribution in [-0.2, 0) is 20.9 Å². The van der Waals surface area contributed by atoms with Crippen LogP contribution in [0, 0.1) is 5.92 Å². The molecule has 156 valence electrons. The number of carbonyl (C=O) groups excluding carboxylic acids is 3. The SMILES string of the molecule is CCN(CC)C(=O)Cn1ccc2cc(NC(=O)C3CC(=O)N(C(C)C)C3)ccc21. The number of anilines is 1. The summed E-state index contributed by atoms with van der Waals surface area (Å²) in [5.41, 5.74) is 1.65. The molecule has 3 rings (SSSR count). The van der Waals surface area contributed by atoms with Gasteiger partial charge in [0.1, 0.15) is 6.54 Å². The Balaban J connectivity index is 1.69. The van der Waals surface area contributed by atoms with E-state index in [9.17, 15) is 14.4 Å². The lowest BCUT2D eigenvalue weighted by molar-refractivity contribution is -0.131. The first-order chi connectivity index (χ1) is 13.8. The number of amides is 3. The summed E-state index contributed by atoms with van der Waals surface area (Å²) >= 11 is 0. The number of aromatic nitrogens is 1. The average Bonchev–Trinajstić information content (AvgIpc) is 3.26. The zero-order chi connectivity index (χ0) is 21.1. The maximum absolute atomic E-state index is 12.6. The van der Waals surface area contributed by atoms with Crippen LogP contribution in [0.2, 0.25) is 0 Å². The summed E-state index contributed by atoms with van der Waals surface area (Å²) in [4.78, 5) is 40.6. The van der Waals surface area contributed by atoms with Crippen molar-refractivity contribution in [3.05, 3.63) is 30.5 Å². The Morgan fingerprint density at radius 3 is 2.55 bits per heavy atom. The van der Waals surface area contributed by atoms with Crippen LogP contribution >= 0.6 is 0 Å². The molecule has 0 spiro atoms. The third-order valence-electron chi connectivity index (χ3n) is 5.61. The predicted molar refractivity (Wildman–Crippen MR) is 113 cm³/mol. The van der Waals surface area contributed by atoms with Crippen molar-refractivity contribution in [1.82, 2.24) is 14.4 Å². The van der Waals surface area contributed by atoms with Crippen molar-refractivity contribution < 1.29 is 14.4 Å². The van der Waals surface area contributed by atoms with Gasteiger partial charge in [0.25, 0.3) is 0 Å². The Kier molecular flexibility index (Phi) is 6.25. The molecule has 1 atom stereocenters. The topological polar surface area (TPSA) is 74.6 Å². The van der Waals surface area contributed by atoms with Crippen LogP contribution in [0.5, 0.6) is 0 Å². The summed E-state index contributed by atoms with van der Waals surface area (Å²) < 4.78 is 1.93. The summed E-state index contributed by atoms with van der Waals surface area (Å²) in [5.74, 6) is -0.329. The van der Waals surface area contributed by atoms with E-state index in [1.54, 1.807) is 4.90 Å². The smallest absolute Gasteiger partial charge is 0.242 e. The van der Waals surface area contributed by atoms with E-state index in [1.807, 2.05) is 67.6 Å². The van der Waals surface area contributed by atoms with E-state index in [1.165, 1.54) is 0 Å². The number of fused-ring (bicyclic) bond motifs is 1. The number of likely N-dealkylation sites (tertiary alicyclic amines) is 1. The molecule has 1 saturated heterocycles. The van der Waals surface area contributed by atoms with Gasteiger partial charge in [-0.3, -0.25) is 14.4 Å². The molecule has 0 saturated carbocycles. The second-order valence-corrected chi connectivity index (χ2v) is 7.81. The minimum absolute atomic E-state index is 0.0329. The molecule has 29 heavy (non-hydrogen) atoms. The summed E-state index contributed by atoms with van der Waals surface area (Å²) in [5, 5.41) is 3.90. The molecule has 1 aliphatic heterocycles. The molecule has 1 aromatic carbocycles. The molecule has 2 aromatic rings. The van der Waals surface area contributed by atoms with Crippen LogP contribution in [0.15, 0.2) is 30.5 Å². The van der Waals surface area contributed by atoms with Gasteiger partial charge in [-0.15, -0.1) is 0 Å². The predicted octanol–water partition coefficient (Wildman–Crippen LogP) is 2.71. The summed E-state index contributed by atoms with van der Waals surface area (Å²) in [6.07, 6.45) is 2.16. The fourth-order valence-corrected chi connectivity index (χ4v) is 3.89. The number of hydrogen-bond acceptors (Lipinski definition) is 3. The Morgan fingerprint density at radius 1 is 1.21 bits per heavy atom. The largest absolute Gasteiger partial charge is 0.342 e. The summed E-state index contributed by atoms with van der Waals surface area (Å²) in [7, 11) is 0. The Bertz CT molecular complexity index is 914. The van der Waals surface area contributed by atoms with Gasteiger partial charge in [-0.25, -0.2) is 0 Å². The molecule has 2 heterocycles. The standard InChI is InChI=1S/C22H30N4O3/c1-5-24(6-2)21(28)14-25-10-9-16-11-18(7-8-19(16)25)23-22(29)17-12-20(27)26(13-17)15(3)4/h7-11,15,17H,5-6,12-14H2,1-4H3,(H,23,29). The third-order valence-corrected chi connectivity index (χ3v) is 5.61. The van der Waals surface area contributed by atoms with Gasteiger partial charge >= 0.3 is 0 Å². The minimum Gasteiger partial charge on any atom is -0.342 e. The van der Waals surface area contributed by atoms with Crippen LogP contribution in [-0.4, -0.2) is 57.8 Å². The average molecular weight is 399 g/mol. The van der Waals surface area contributed by atoms with Gasteiger partial charge in [0.2, 0.25) is 17.7 Å². The quantitative estimate of drug-likeness (QED) is 0.779. The molecular weight excluding hydrogens is 368 g/mol. The van der Waals surface area contributed by atoms with Gasteiger partial charge < -0.3 is 19.7 Å². The molecule has 7 heteroatoms. The highest BCUT2D eigenvalue weighted by Crippen LogP contribution is 2.24. The zero-order valence-corrected chi connectivity index (χ0v) is 17.6. The van der Waals surface area contributed by atoms with Crippen molar-refractivity contribution in [3.63, 3.8) is 0 Å². The molecule has 0 bridgehead atoms. The molecule has 0 radical (unpaired) electrons. The highest BCUT2D eigenvalue weighted by atomic mass is 16.2. The van der Waals surface area contributed by atoms with E-state index in [0.29, 0.717) is 31.9 Å². The lowest BCUT2D eigenvalue weighted by Crippen LogP contribution is -2.33. The van der Waals surface area contributed by atoms with Gasteiger partial charge in [-0.2, -0.15) is 0 Å². The first kappa shape index (κ1) is 20.9. The monoisotopic (exact) mass is 398 g/mol. The van der Waals surface area contributed by atoms with Crippen molar-refractivity contribution in [3.8, 4) is 0 Å². The lowest BCUT2D eigenvalue weighted by atomic mass is 10.1. The van der Waals surface area contributed by atoms with Gasteiger partial charge in [-0.1, -0.05) is 0 Å². The maximum atomic E-state index is 12.6. The fourth-order valence-electron chi connectivity index (χ4n) is 3.89. The van der Waals surface area contributed by atoms with Crippen molar-refractivity contribution in [1.29, 1.82) is 0 Å². The number of rotatable bonds is 7. The molecule has 3 amide bonds. The van der Waals surface area contributed by atoms with E-state index in [0.717, 1.165) is 10.9 Å². The van der Waals surface area contributed by atoms with Gasteiger partial charge in [-0.05, 0) is 52.0 Å². The normalized spacial score (nSPS) is 16.7. The van der Waals surface area contributed by atoms with Crippen LogP contribution < -0.4 is 5.32 Å². The molecular formula is C22H30N4O3. The second kappa shape index (κ2) is 8.68. The van der Waals surface area contributed by atoms with E-state index in [4.69, 9.17) is 0 Å². The molecule has 1 N–H and O–H groups in total. The highest BCUT2D eigenvalue weighted by Gasteiger charge is 2.35. The maximum Gasteiger partial charge on any atom is 0.242 e. The number of nitrogens with zero attached hydrogens (tertiary/aromatic N) is 3. The van der Waals surface area contributed by atoms with Crippen LogP contribution in [0.25, 0.3) is 10.9 Å². The minimum atomic E-state index is -0.322. The van der Waals surface area contributed by atoms with Crippen LogP contribution in [0.4, 0.5) is 5.69 Å². The zero-order valence-electron chi connectivity index (χ0n) is 17.6. The van der Waals surface area contributed by atoms with Gasteiger partial charge in [0, 0.05) is 54.9 Å². The molecule has 7 nitrogen and oxygen atoms in total. The first-order valence-corrected chi connectivity index (χ1v) is 10.3. The lowest BCUT2D eigenvalue weighted by Gasteiger charge is -2.20. The van der Waals surface area contributed by atoms with Crippen LogP contribution in [0.1, 0.15) is 34.1 Å². The van der Waals surface area contributed by atoms with E-state index < -0.39 is 0 Å². The first-order valence-electron chi connectivity index (χ1n) is 10.3. The Hall–Kier alpha value is -2.83. The fraction of sp³-hybridized carbons (Fsp3) is 0.500. The molecule has 1 unspecified atom stereocenters. The number of carbonyl (C=O) groups is 3. The summed E-state index contributed by atoms with van der Waals surface area (Å²) in [6, 6.07) is 7.72. The van der Waals surface area contributed by atoms with E-state index in [-0.39, 0.29) is 36.1 Å². The van der Waals surface area contributed by atoms with Crippen molar-refractivity contribution >= 4 is 34.3 Å². The Morgan fingerprint density at radius 2 is 1.93 bits per heavy atom. The van der Waals surface area contributed by atoms with E-state index in [2.05, 4.69) is 5.32 Å². The summed E-state index contributed by atoms with van der Waals surface area (Å²) in [6.45, 7) is 10.0. The van der Waals surface area contributed by atoms with Crippen molar-refractivity contribution in [2.24, 2.45) is 5.92 Å². The number of hydrogen-bond donors (Lipinski definition) is 1. The molecule has 0 aliphatic carbocycles. The van der Waals surface area contributed by atoms with Gasteiger partial charge in [0.15, 0.2) is 0 Å². The number of likely N-dealkylation sites (N-methyl/N-ethyl adjacent to an activating group) is 1. The van der Waals surface area contributed by atoms with Crippen molar-refractivity contribution in [2.45, 2.75) is 46.7 Å². The molecule has 1 aliphatic rings. The second-order valence-electron chi connectivity index (χ2n) is 7.81. The van der Waals surface area contributed by atoms with E-state index >= 15 is 0 Å². The Labute approximate surface area is 171 Å².